The Morgan fingerprint density at radius 3 is 2.83 bits per heavy atom. The molecule has 100 valence electrons. The van der Waals surface area contributed by atoms with Gasteiger partial charge in [0.15, 0.2) is 5.16 Å². The summed E-state index contributed by atoms with van der Waals surface area (Å²) in [6.07, 6.45) is 1.88. The van der Waals surface area contributed by atoms with Gasteiger partial charge >= 0.3 is 0 Å². The minimum absolute atomic E-state index is 0.0495. The van der Waals surface area contributed by atoms with Gasteiger partial charge in [-0.1, -0.05) is 11.8 Å². The lowest BCUT2D eigenvalue weighted by Crippen LogP contribution is -2.35. The Kier molecular flexibility index (Phi) is 5.66. The van der Waals surface area contributed by atoms with Gasteiger partial charge in [-0.15, -0.1) is 0 Å². The van der Waals surface area contributed by atoms with E-state index < -0.39 is 0 Å². The van der Waals surface area contributed by atoms with Crippen LogP contribution in [-0.2, 0) is 4.79 Å². The number of aromatic nitrogens is 2. The summed E-state index contributed by atoms with van der Waals surface area (Å²) in [6, 6.07) is 1.69. The average Bonchev–Trinajstić information content (AvgIpc) is 2.38. The van der Waals surface area contributed by atoms with Gasteiger partial charge in [-0.3, -0.25) is 4.79 Å². The number of hydrazine groups is 1. The van der Waals surface area contributed by atoms with Crippen LogP contribution in [0.3, 0.4) is 0 Å². The molecule has 7 nitrogen and oxygen atoms in total. The molecule has 1 aromatic rings. The first-order chi connectivity index (χ1) is 8.60. The lowest BCUT2D eigenvalue weighted by Gasteiger charge is -2.18. The molecule has 8 heteroatoms. The molecule has 0 aliphatic heterocycles. The third-order valence-electron chi connectivity index (χ3n) is 2.17. The van der Waals surface area contributed by atoms with E-state index in [1.165, 1.54) is 11.8 Å². The number of carbonyl (C=O) groups is 1. The third-order valence-corrected chi connectivity index (χ3v) is 2.72. The topological polar surface area (TPSA) is 96.2 Å². The Labute approximate surface area is 111 Å². The molecule has 18 heavy (non-hydrogen) atoms. The molecule has 0 unspecified atom stereocenters. The number of nitrogens with two attached hydrogens (primary N) is 1. The van der Waals surface area contributed by atoms with Gasteiger partial charge in [0.05, 0.1) is 6.54 Å². The molecular formula is C10H18N6OS. The van der Waals surface area contributed by atoms with Crippen LogP contribution in [-0.4, -0.2) is 42.3 Å². The first kappa shape index (κ1) is 14.5. The van der Waals surface area contributed by atoms with Crippen molar-refractivity contribution in [1.29, 1.82) is 0 Å². The van der Waals surface area contributed by atoms with Gasteiger partial charge in [0.25, 0.3) is 0 Å². The van der Waals surface area contributed by atoms with Gasteiger partial charge in [-0.05, 0) is 13.2 Å². The maximum atomic E-state index is 11.5. The van der Waals surface area contributed by atoms with E-state index in [2.05, 4.69) is 20.7 Å². The van der Waals surface area contributed by atoms with Gasteiger partial charge < -0.3 is 15.6 Å². The van der Waals surface area contributed by atoms with Crippen molar-refractivity contribution in [2.24, 2.45) is 5.84 Å². The van der Waals surface area contributed by atoms with Gasteiger partial charge in [-0.2, -0.15) is 0 Å². The number of likely N-dealkylation sites (N-methyl/N-ethyl adjacent to an activating group) is 2. The number of hydrogen-bond donors (Lipinski definition) is 3. The highest BCUT2D eigenvalue weighted by Crippen LogP contribution is 2.18. The summed E-state index contributed by atoms with van der Waals surface area (Å²) < 4.78 is 0. The molecule has 4 N–H and O–H groups in total. The number of thioether (sulfide) groups is 1. The molecule has 1 heterocycles. The second-order valence-corrected chi connectivity index (χ2v) is 4.33. The maximum Gasteiger partial charge on any atom is 0.239 e. The number of carbonyl (C=O) groups excluding carboxylic acids is 1. The van der Waals surface area contributed by atoms with E-state index in [0.717, 1.165) is 0 Å². The Morgan fingerprint density at radius 2 is 2.28 bits per heavy atom. The Bertz CT molecular complexity index is 391. The lowest BCUT2D eigenvalue weighted by molar-refractivity contribution is -0.119. The van der Waals surface area contributed by atoms with Crippen LogP contribution in [0.25, 0.3) is 0 Å². The van der Waals surface area contributed by atoms with E-state index in [1.807, 2.05) is 13.2 Å². The molecule has 1 amide bonds. The monoisotopic (exact) mass is 270 g/mol. The van der Waals surface area contributed by atoms with Gasteiger partial charge in [0, 0.05) is 19.7 Å². The van der Waals surface area contributed by atoms with Crippen LogP contribution in [0.5, 0.6) is 0 Å². The number of rotatable bonds is 6. The maximum absolute atomic E-state index is 11.5. The van der Waals surface area contributed by atoms with Crippen molar-refractivity contribution in [3.8, 4) is 0 Å². The van der Waals surface area contributed by atoms with Crippen molar-refractivity contribution in [3.63, 3.8) is 0 Å². The highest BCUT2D eigenvalue weighted by atomic mass is 32.2. The Balaban J connectivity index is 2.83. The normalized spacial score (nSPS) is 10.0. The van der Waals surface area contributed by atoms with Crippen molar-refractivity contribution < 1.29 is 4.79 Å². The molecular weight excluding hydrogens is 252 g/mol. The summed E-state index contributed by atoms with van der Waals surface area (Å²) in [5.41, 5.74) is 2.48. The van der Waals surface area contributed by atoms with Crippen LogP contribution in [0.15, 0.2) is 11.2 Å². The predicted molar refractivity (Wildman–Crippen MR) is 73.6 cm³/mol. The lowest BCUT2D eigenvalue weighted by atomic mass is 10.4. The minimum atomic E-state index is -0.0495. The number of hydrogen-bond acceptors (Lipinski definition) is 7. The molecule has 0 aliphatic carbocycles. The first-order valence-electron chi connectivity index (χ1n) is 5.48. The number of nitrogens with zero attached hydrogens (tertiary/aromatic N) is 3. The van der Waals surface area contributed by atoms with Crippen LogP contribution < -0.4 is 21.5 Å². The second kappa shape index (κ2) is 7.02. The molecule has 0 atom stereocenters. The minimum Gasteiger partial charge on any atom is -0.355 e. The molecule has 0 aliphatic rings. The van der Waals surface area contributed by atoms with Crippen molar-refractivity contribution in [3.05, 3.63) is 6.07 Å². The predicted octanol–water partition coefficient (Wildman–Crippen LogP) is 0.0564. The van der Waals surface area contributed by atoms with Crippen LogP contribution >= 0.6 is 11.8 Å². The summed E-state index contributed by atoms with van der Waals surface area (Å²) in [5.74, 6) is 6.46. The molecule has 0 radical (unpaired) electrons. The van der Waals surface area contributed by atoms with Gasteiger partial charge in [0.1, 0.15) is 11.6 Å². The summed E-state index contributed by atoms with van der Waals surface area (Å²) in [7, 11) is 1.79. The van der Waals surface area contributed by atoms with Crippen molar-refractivity contribution in [2.75, 3.05) is 36.7 Å². The van der Waals surface area contributed by atoms with E-state index in [9.17, 15) is 4.79 Å². The van der Waals surface area contributed by atoms with Gasteiger partial charge in [0.2, 0.25) is 5.91 Å². The quantitative estimate of drug-likeness (QED) is 0.291. The van der Waals surface area contributed by atoms with E-state index in [-0.39, 0.29) is 12.5 Å². The number of anilines is 2. The summed E-state index contributed by atoms with van der Waals surface area (Å²) in [6.45, 7) is 2.73. The largest absolute Gasteiger partial charge is 0.355 e. The highest BCUT2D eigenvalue weighted by molar-refractivity contribution is 7.98. The van der Waals surface area contributed by atoms with Crippen molar-refractivity contribution in [1.82, 2.24) is 15.3 Å². The molecule has 0 bridgehead atoms. The Hall–Kier alpha value is -1.54. The molecule has 0 spiro atoms. The zero-order chi connectivity index (χ0) is 13.5. The van der Waals surface area contributed by atoms with Crippen LogP contribution in [0.4, 0.5) is 11.6 Å². The molecule has 0 saturated heterocycles. The Morgan fingerprint density at radius 1 is 1.56 bits per heavy atom. The van der Waals surface area contributed by atoms with E-state index >= 15 is 0 Å². The van der Waals surface area contributed by atoms with E-state index in [4.69, 9.17) is 5.84 Å². The van der Waals surface area contributed by atoms with Crippen molar-refractivity contribution in [2.45, 2.75) is 12.1 Å². The highest BCUT2D eigenvalue weighted by Gasteiger charge is 2.10. The standard InChI is InChI=1S/C10H18N6OS/c1-4-12-9(17)6-16(2)8-5-7(15-11)13-10(14-8)18-3/h5H,4,6,11H2,1-3H3,(H,12,17)(H,13,14,15). The van der Waals surface area contributed by atoms with E-state index in [1.54, 1.807) is 18.0 Å². The zero-order valence-electron chi connectivity index (χ0n) is 10.7. The molecule has 0 aromatic carbocycles. The smallest absolute Gasteiger partial charge is 0.239 e. The zero-order valence-corrected chi connectivity index (χ0v) is 11.5. The summed E-state index contributed by atoms with van der Waals surface area (Å²) >= 11 is 1.41. The number of nitrogen functional groups attached to an aromatic ring is 1. The molecule has 1 rings (SSSR count). The fraction of sp³-hybridized carbons (Fsp3) is 0.500. The average molecular weight is 270 g/mol. The summed E-state index contributed by atoms with van der Waals surface area (Å²) in [5, 5.41) is 3.33. The fourth-order valence-electron chi connectivity index (χ4n) is 1.32. The van der Waals surface area contributed by atoms with Crippen molar-refractivity contribution >= 4 is 29.3 Å². The number of amides is 1. The number of nitrogens with one attached hydrogen (secondary N) is 2. The third kappa shape index (κ3) is 4.04. The molecule has 1 aromatic heterocycles. The molecule has 0 saturated carbocycles. The van der Waals surface area contributed by atoms with E-state index in [0.29, 0.717) is 23.3 Å². The second-order valence-electron chi connectivity index (χ2n) is 3.55. The van der Waals surface area contributed by atoms with Crippen LogP contribution in [0.2, 0.25) is 0 Å². The first-order valence-corrected chi connectivity index (χ1v) is 6.70. The van der Waals surface area contributed by atoms with Crippen LogP contribution in [0.1, 0.15) is 6.92 Å². The molecule has 0 fully saturated rings. The SMILES string of the molecule is CCNC(=O)CN(C)c1cc(NN)nc(SC)n1. The van der Waals surface area contributed by atoms with Crippen LogP contribution in [0, 0.1) is 0 Å². The fourth-order valence-corrected chi connectivity index (χ4v) is 1.70. The summed E-state index contributed by atoms with van der Waals surface area (Å²) in [4.78, 5) is 21.7. The van der Waals surface area contributed by atoms with Gasteiger partial charge in [-0.25, -0.2) is 15.8 Å².